The zero-order valence-corrected chi connectivity index (χ0v) is 12.8. The molecule has 0 atom stereocenters. The summed E-state index contributed by atoms with van der Waals surface area (Å²) in [5, 5.41) is 15.5. The van der Waals surface area contributed by atoms with Crippen LogP contribution in [0.3, 0.4) is 0 Å². The van der Waals surface area contributed by atoms with Gasteiger partial charge in [0.1, 0.15) is 0 Å². The van der Waals surface area contributed by atoms with E-state index in [1.54, 1.807) is 6.07 Å². The SMILES string of the molecule is O=C(Cc1ccccc1[N+](=O)[O-])NCC(=O)Nc1ccc(F)c(F)c1. The molecule has 2 aromatic carbocycles. The van der Waals surface area contributed by atoms with Gasteiger partial charge in [0.25, 0.3) is 5.69 Å². The van der Waals surface area contributed by atoms with Crippen LogP contribution < -0.4 is 10.6 Å². The van der Waals surface area contributed by atoms with E-state index in [0.717, 1.165) is 12.1 Å². The molecule has 0 aromatic heterocycles. The van der Waals surface area contributed by atoms with Crippen molar-refractivity contribution in [3.05, 3.63) is 69.8 Å². The Balaban J connectivity index is 1.88. The van der Waals surface area contributed by atoms with Crippen molar-refractivity contribution in [3.8, 4) is 0 Å². The average molecular weight is 349 g/mol. The van der Waals surface area contributed by atoms with E-state index in [2.05, 4.69) is 10.6 Å². The third kappa shape index (κ3) is 5.06. The monoisotopic (exact) mass is 349 g/mol. The molecule has 0 aliphatic carbocycles. The zero-order chi connectivity index (χ0) is 18.4. The highest BCUT2D eigenvalue weighted by molar-refractivity contribution is 5.94. The maximum Gasteiger partial charge on any atom is 0.273 e. The first-order valence-corrected chi connectivity index (χ1v) is 7.10. The Morgan fingerprint density at radius 3 is 2.44 bits per heavy atom. The van der Waals surface area contributed by atoms with Crippen molar-refractivity contribution in [2.75, 3.05) is 11.9 Å². The van der Waals surface area contributed by atoms with Gasteiger partial charge in [0.2, 0.25) is 11.8 Å². The van der Waals surface area contributed by atoms with Crippen LogP contribution in [0, 0.1) is 21.7 Å². The van der Waals surface area contributed by atoms with Crippen LogP contribution in [0.2, 0.25) is 0 Å². The first-order chi connectivity index (χ1) is 11.9. The summed E-state index contributed by atoms with van der Waals surface area (Å²) in [6, 6.07) is 8.60. The summed E-state index contributed by atoms with van der Waals surface area (Å²) in [6.07, 6.45) is -0.268. The fourth-order valence-electron chi connectivity index (χ4n) is 2.03. The third-order valence-corrected chi connectivity index (χ3v) is 3.19. The molecule has 0 aliphatic heterocycles. The van der Waals surface area contributed by atoms with Crippen LogP contribution in [-0.4, -0.2) is 23.3 Å². The number of hydrogen-bond acceptors (Lipinski definition) is 4. The molecule has 7 nitrogen and oxygen atoms in total. The van der Waals surface area contributed by atoms with E-state index in [1.807, 2.05) is 0 Å². The van der Waals surface area contributed by atoms with Gasteiger partial charge in [-0.25, -0.2) is 8.78 Å². The molecule has 0 fully saturated rings. The van der Waals surface area contributed by atoms with Crippen LogP contribution in [0.15, 0.2) is 42.5 Å². The molecule has 2 rings (SSSR count). The van der Waals surface area contributed by atoms with Crippen molar-refractivity contribution in [1.82, 2.24) is 5.32 Å². The number of para-hydroxylation sites is 1. The van der Waals surface area contributed by atoms with Crippen molar-refractivity contribution in [1.29, 1.82) is 0 Å². The molecule has 0 bridgehead atoms. The lowest BCUT2D eigenvalue weighted by Gasteiger charge is -2.07. The third-order valence-electron chi connectivity index (χ3n) is 3.19. The van der Waals surface area contributed by atoms with Crippen molar-refractivity contribution >= 4 is 23.2 Å². The maximum absolute atomic E-state index is 13.0. The highest BCUT2D eigenvalue weighted by Gasteiger charge is 2.16. The molecule has 9 heteroatoms. The summed E-state index contributed by atoms with van der Waals surface area (Å²) in [7, 11) is 0. The second kappa shape index (κ2) is 7.95. The van der Waals surface area contributed by atoms with Gasteiger partial charge in [-0.15, -0.1) is 0 Å². The summed E-state index contributed by atoms with van der Waals surface area (Å²) >= 11 is 0. The van der Waals surface area contributed by atoms with Crippen LogP contribution in [-0.2, 0) is 16.0 Å². The van der Waals surface area contributed by atoms with E-state index < -0.39 is 34.9 Å². The lowest BCUT2D eigenvalue weighted by molar-refractivity contribution is -0.385. The van der Waals surface area contributed by atoms with E-state index in [0.29, 0.717) is 0 Å². The van der Waals surface area contributed by atoms with Crippen LogP contribution in [0.4, 0.5) is 20.2 Å². The number of nitro benzene ring substituents is 1. The summed E-state index contributed by atoms with van der Waals surface area (Å²) in [5.41, 5.74) is 0.0618. The molecule has 0 radical (unpaired) electrons. The number of rotatable bonds is 6. The smallest absolute Gasteiger partial charge is 0.273 e. The number of nitro groups is 1. The van der Waals surface area contributed by atoms with E-state index in [-0.39, 0.29) is 23.4 Å². The predicted molar refractivity (Wildman–Crippen MR) is 84.8 cm³/mol. The minimum Gasteiger partial charge on any atom is -0.347 e. The Hall–Kier alpha value is -3.36. The number of carbonyl (C=O) groups is 2. The van der Waals surface area contributed by atoms with E-state index >= 15 is 0 Å². The number of halogens is 2. The average Bonchev–Trinajstić information content (AvgIpc) is 2.57. The number of amides is 2. The van der Waals surface area contributed by atoms with Gasteiger partial charge in [-0.3, -0.25) is 19.7 Å². The molecular weight excluding hydrogens is 336 g/mol. The molecule has 0 saturated heterocycles. The second-order valence-corrected chi connectivity index (χ2v) is 5.02. The van der Waals surface area contributed by atoms with E-state index in [4.69, 9.17) is 0 Å². The molecule has 0 spiro atoms. The number of carbonyl (C=O) groups excluding carboxylic acids is 2. The highest BCUT2D eigenvalue weighted by Crippen LogP contribution is 2.18. The normalized spacial score (nSPS) is 10.2. The Morgan fingerprint density at radius 1 is 1.04 bits per heavy atom. The molecule has 0 saturated carbocycles. The quantitative estimate of drug-likeness (QED) is 0.616. The Labute approximate surface area is 140 Å². The van der Waals surface area contributed by atoms with E-state index in [9.17, 15) is 28.5 Å². The predicted octanol–water partition coefficient (Wildman–Crippen LogP) is 2.17. The van der Waals surface area contributed by atoms with Gasteiger partial charge in [0, 0.05) is 23.4 Å². The lowest BCUT2D eigenvalue weighted by Crippen LogP contribution is -2.33. The number of nitrogens with one attached hydrogen (secondary N) is 2. The van der Waals surface area contributed by atoms with Crippen LogP contribution in [0.1, 0.15) is 5.56 Å². The van der Waals surface area contributed by atoms with Crippen LogP contribution in [0.25, 0.3) is 0 Å². The molecule has 2 amide bonds. The number of nitrogens with zero attached hydrogens (tertiary/aromatic N) is 1. The van der Waals surface area contributed by atoms with Crippen molar-refractivity contribution < 1.29 is 23.3 Å². The van der Waals surface area contributed by atoms with E-state index in [1.165, 1.54) is 24.3 Å². The first-order valence-electron chi connectivity index (χ1n) is 7.10. The summed E-state index contributed by atoms with van der Waals surface area (Å²) in [5.74, 6) is -3.40. The van der Waals surface area contributed by atoms with Crippen LogP contribution in [0.5, 0.6) is 0 Å². The summed E-state index contributed by atoms with van der Waals surface area (Å²) in [6.45, 7) is -0.418. The van der Waals surface area contributed by atoms with Crippen molar-refractivity contribution in [2.24, 2.45) is 0 Å². The highest BCUT2D eigenvalue weighted by atomic mass is 19.2. The number of benzene rings is 2. The number of hydrogen-bond donors (Lipinski definition) is 2. The fraction of sp³-hybridized carbons (Fsp3) is 0.125. The lowest BCUT2D eigenvalue weighted by atomic mass is 10.1. The molecule has 2 N–H and O–H groups in total. The molecule has 2 aromatic rings. The van der Waals surface area contributed by atoms with Gasteiger partial charge in [0.05, 0.1) is 17.9 Å². The standard InChI is InChI=1S/C16H13F2N3O4/c17-12-6-5-11(8-13(12)18)20-16(23)9-19-15(22)7-10-3-1-2-4-14(10)21(24)25/h1-6,8H,7,9H2,(H,19,22)(H,20,23). The minimum atomic E-state index is -1.11. The Morgan fingerprint density at radius 2 is 1.76 bits per heavy atom. The largest absolute Gasteiger partial charge is 0.347 e. The number of anilines is 1. The maximum atomic E-state index is 13.0. The van der Waals surface area contributed by atoms with Gasteiger partial charge in [-0.1, -0.05) is 18.2 Å². The van der Waals surface area contributed by atoms with Crippen molar-refractivity contribution in [3.63, 3.8) is 0 Å². The molecule has 25 heavy (non-hydrogen) atoms. The summed E-state index contributed by atoms with van der Waals surface area (Å²) in [4.78, 5) is 33.8. The zero-order valence-electron chi connectivity index (χ0n) is 12.8. The van der Waals surface area contributed by atoms with Gasteiger partial charge in [0.15, 0.2) is 11.6 Å². The molecular formula is C16H13F2N3O4. The van der Waals surface area contributed by atoms with Gasteiger partial charge in [-0.05, 0) is 12.1 Å². The fourth-order valence-corrected chi connectivity index (χ4v) is 2.03. The molecule has 0 unspecified atom stereocenters. The van der Waals surface area contributed by atoms with Gasteiger partial charge >= 0.3 is 0 Å². The summed E-state index contributed by atoms with van der Waals surface area (Å²) < 4.78 is 25.8. The minimum absolute atomic E-state index is 0.0387. The second-order valence-electron chi connectivity index (χ2n) is 5.02. The topological polar surface area (TPSA) is 101 Å². The Bertz CT molecular complexity index is 827. The van der Waals surface area contributed by atoms with Gasteiger partial charge in [-0.2, -0.15) is 0 Å². The molecule has 0 heterocycles. The van der Waals surface area contributed by atoms with Gasteiger partial charge < -0.3 is 10.6 Å². The molecule has 0 aliphatic rings. The first kappa shape index (κ1) is 18.0. The van der Waals surface area contributed by atoms with Crippen LogP contribution >= 0.6 is 0 Å². The van der Waals surface area contributed by atoms with Crippen molar-refractivity contribution in [2.45, 2.75) is 6.42 Å². The Kier molecular flexibility index (Phi) is 5.72. The molecule has 130 valence electrons.